The van der Waals surface area contributed by atoms with Gasteiger partial charge in [0.05, 0.1) is 19.2 Å². The van der Waals surface area contributed by atoms with Gasteiger partial charge in [0.2, 0.25) is 0 Å². The summed E-state index contributed by atoms with van der Waals surface area (Å²) in [6, 6.07) is 0. The van der Waals surface area contributed by atoms with Crippen LogP contribution in [0.5, 0.6) is 0 Å². The van der Waals surface area contributed by atoms with E-state index >= 15 is 0 Å². The first-order chi connectivity index (χ1) is 4.36. The van der Waals surface area contributed by atoms with Gasteiger partial charge in [-0.15, -0.1) is 0 Å². The molecule has 0 aliphatic carbocycles. The standard InChI is InChI=1S/C6H10N2O/c1-2-9-6-3-8(4-6)5-7/h6H,2-4H2,1H3. The van der Waals surface area contributed by atoms with Crippen LogP contribution in [0.4, 0.5) is 0 Å². The highest BCUT2D eigenvalue weighted by molar-refractivity contribution is 4.89. The molecule has 1 heterocycles. The summed E-state index contributed by atoms with van der Waals surface area (Å²) in [5.41, 5.74) is 0. The fourth-order valence-corrected chi connectivity index (χ4v) is 0.861. The van der Waals surface area contributed by atoms with Gasteiger partial charge in [-0.3, -0.25) is 0 Å². The number of likely N-dealkylation sites (tertiary alicyclic amines) is 1. The van der Waals surface area contributed by atoms with Gasteiger partial charge in [0.1, 0.15) is 0 Å². The topological polar surface area (TPSA) is 36.3 Å². The van der Waals surface area contributed by atoms with Crippen molar-refractivity contribution >= 4 is 0 Å². The minimum atomic E-state index is 0.314. The average molecular weight is 126 g/mol. The Balaban J connectivity index is 2.06. The third-order valence-electron chi connectivity index (χ3n) is 1.39. The molecule has 0 aromatic carbocycles. The van der Waals surface area contributed by atoms with E-state index in [1.54, 1.807) is 4.90 Å². The number of hydrogen-bond donors (Lipinski definition) is 0. The van der Waals surface area contributed by atoms with Crippen LogP contribution >= 0.6 is 0 Å². The third kappa shape index (κ3) is 1.33. The summed E-state index contributed by atoms with van der Waals surface area (Å²) < 4.78 is 5.22. The highest BCUT2D eigenvalue weighted by Crippen LogP contribution is 2.08. The van der Waals surface area contributed by atoms with Crippen molar-refractivity contribution in [3.63, 3.8) is 0 Å². The van der Waals surface area contributed by atoms with Gasteiger partial charge in [-0.05, 0) is 6.92 Å². The lowest BCUT2D eigenvalue weighted by molar-refractivity contribution is -0.0248. The molecule has 1 aliphatic heterocycles. The molecule has 1 aliphatic rings. The lowest BCUT2D eigenvalue weighted by Crippen LogP contribution is -2.49. The smallest absolute Gasteiger partial charge is 0.179 e. The molecule has 0 aromatic heterocycles. The van der Waals surface area contributed by atoms with Gasteiger partial charge < -0.3 is 9.64 Å². The largest absolute Gasteiger partial charge is 0.375 e. The van der Waals surface area contributed by atoms with E-state index in [9.17, 15) is 0 Å². The van der Waals surface area contributed by atoms with E-state index in [1.807, 2.05) is 13.1 Å². The second-order valence-electron chi connectivity index (χ2n) is 2.08. The molecule has 0 unspecified atom stereocenters. The number of ether oxygens (including phenoxy) is 1. The highest BCUT2D eigenvalue weighted by atomic mass is 16.5. The molecule has 0 bridgehead atoms. The van der Waals surface area contributed by atoms with Crippen LogP contribution in [-0.4, -0.2) is 30.7 Å². The molecule has 1 saturated heterocycles. The maximum atomic E-state index is 8.29. The number of rotatable bonds is 2. The fourth-order valence-electron chi connectivity index (χ4n) is 0.861. The van der Waals surface area contributed by atoms with Gasteiger partial charge in [0.15, 0.2) is 6.19 Å². The van der Waals surface area contributed by atoms with Gasteiger partial charge in [0.25, 0.3) is 0 Å². The van der Waals surface area contributed by atoms with E-state index in [2.05, 4.69) is 0 Å². The van der Waals surface area contributed by atoms with Gasteiger partial charge in [0, 0.05) is 6.61 Å². The predicted octanol–water partition coefficient (Wildman–Crippen LogP) is 0.188. The minimum absolute atomic E-state index is 0.314. The molecule has 3 nitrogen and oxygen atoms in total. The number of nitriles is 1. The van der Waals surface area contributed by atoms with Gasteiger partial charge in [-0.2, -0.15) is 5.26 Å². The molecule has 3 heteroatoms. The molecule has 0 aromatic rings. The lowest BCUT2D eigenvalue weighted by Gasteiger charge is -2.34. The summed E-state index contributed by atoms with van der Waals surface area (Å²) in [6.07, 6.45) is 2.36. The first-order valence-electron chi connectivity index (χ1n) is 3.13. The molecule has 0 amide bonds. The summed E-state index contributed by atoms with van der Waals surface area (Å²) in [4.78, 5) is 1.68. The van der Waals surface area contributed by atoms with Crippen molar-refractivity contribution in [1.82, 2.24) is 4.90 Å². The zero-order chi connectivity index (χ0) is 6.69. The summed E-state index contributed by atoms with van der Waals surface area (Å²) in [5, 5.41) is 8.29. The third-order valence-corrected chi connectivity index (χ3v) is 1.39. The van der Waals surface area contributed by atoms with Crippen molar-refractivity contribution in [2.45, 2.75) is 13.0 Å². The molecular formula is C6H10N2O. The number of hydrogen-bond acceptors (Lipinski definition) is 3. The zero-order valence-electron chi connectivity index (χ0n) is 5.50. The monoisotopic (exact) mass is 126 g/mol. The molecule has 1 rings (SSSR count). The summed E-state index contributed by atoms with van der Waals surface area (Å²) in [7, 11) is 0. The fraction of sp³-hybridized carbons (Fsp3) is 0.833. The van der Waals surface area contributed by atoms with Crippen LogP contribution in [0, 0.1) is 11.5 Å². The quantitative estimate of drug-likeness (QED) is 0.495. The van der Waals surface area contributed by atoms with E-state index in [-0.39, 0.29) is 0 Å². The van der Waals surface area contributed by atoms with Crippen LogP contribution in [0.25, 0.3) is 0 Å². The Morgan fingerprint density at radius 2 is 2.44 bits per heavy atom. The Morgan fingerprint density at radius 1 is 1.78 bits per heavy atom. The van der Waals surface area contributed by atoms with Crippen molar-refractivity contribution in [3.05, 3.63) is 0 Å². The van der Waals surface area contributed by atoms with Crippen molar-refractivity contribution < 1.29 is 4.74 Å². The Kier molecular flexibility index (Phi) is 1.91. The van der Waals surface area contributed by atoms with Gasteiger partial charge in [-0.1, -0.05) is 0 Å². The normalized spacial score (nSPS) is 18.9. The van der Waals surface area contributed by atoms with Crippen molar-refractivity contribution in [2.24, 2.45) is 0 Å². The maximum absolute atomic E-state index is 8.29. The van der Waals surface area contributed by atoms with Crippen LogP contribution in [0.15, 0.2) is 0 Å². The van der Waals surface area contributed by atoms with Gasteiger partial charge in [-0.25, -0.2) is 0 Å². The Bertz CT molecular complexity index is 124. The molecular weight excluding hydrogens is 116 g/mol. The van der Waals surface area contributed by atoms with Crippen molar-refractivity contribution in [1.29, 1.82) is 5.26 Å². The van der Waals surface area contributed by atoms with E-state index in [0.29, 0.717) is 6.10 Å². The second-order valence-corrected chi connectivity index (χ2v) is 2.08. The molecule has 0 radical (unpaired) electrons. The second kappa shape index (κ2) is 2.70. The first-order valence-corrected chi connectivity index (χ1v) is 3.13. The van der Waals surface area contributed by atoms with Crippen LogP contribution < -0.4 is 0 Å². The molecule has 0 spiro atoms. The lowest BCUT2D eigenvalue weighted by atomic mass is 10.2. The molecule has 0 N–H and O–H groups in total. The summed E-state index contributed by atoms with van der Waals surface area (Å²) in [5.74, 6) is 0. The van der Waals surface area contributed by atoms with E-state index in [1.165, 1.54) is 0 Å². The molecule has 1 fully saturated rings. The van der Waals surface area contributed by atoms with Crippen LogP contribution in [0.2, 0.25) is 0 Å². The molecule has 50 valence electrons. The molecule has 0 atom stereocenters. The summed E-state index contributed by atoms with van der Waals surface area (Å²) in [6.45, 7) is 4.29. The molecule has 0 saturated carbocycles. The van der Waals surface area contributed by atoms with Crippen LogP contribution in [0.1, 0.15) is 6.92 Å². The van der Waals surface area contributed by atoms with Gasteiger partial charge >= 0.3 is 0 Å². The first kappa shape index (κ1) is 6.37. The van der Waals surface area contributed by atoms with E-state index in [0.717, 1.165) is 19.7 Å². The van der Waals surface area contributed by atoms with Crippen molar-refractivity contribution in [3.8, 4) is 6.19 Å². The number of nitrogens with zero attached hydrogens (tertiary/aromatic N) is 2. The zero-order valence-corrected chi connectivity index (χ0v) is 5.50. The minimum Gasteiger partial charge on any atom is -0.375 e. The summed E-state index contributed by atoms with van der Waals surface area (Å²) >= 11 is 0. The SMILES string of the molecule is CCOC1CN(C#N)C1. The highest BCUT2D eigenvalue weighted by Gasteiger charge is 2.25. The van der Waals surface area contributed by atoms with Crippen LogP contribution in [0.3, 0.4) is 0 Å². The van der Waals surface area contributed by atoms with E-state index < -0.39 is 0 Å². The Hall–Kier alpha value is -0.750. The van der Waals surface area contributed by atoms with Crippen molar-refractivity contribution in [2.75, 3.05) is 19.7 Å². The van der Waals surface area contributed by atoms with E-state index in [4.69, 9.17) is 10.00 Å². The predicted molar refractivity (Wildman–Crippen MR) is 32.6 cm³/mol. The Labute approximate surface area is 54.8 Å². The van der Waals surface area contributed by atoms with Crippen LogP contribution in [-0.2, 0) is 4.74 Å². The average Bonchev–Trinajstić information content (AvgIpc) is 1.77. The maximum Gasteiger partial charge on any atom is 0.179 e. The molecule has 9 heavy (non-hydrogen) atoms. The Morgan fingerprint density at radius 3 is 2.89 bits per heavy atom.